The molecule has 0 radical (unpaired) electrons. The van der Waals surface area contributed by atoms with Gasteiger partial charge in [-0.05, 0) is 42.9 Å². The topological polar surface area (TPSA) is 230 Å². The van der Waals surface area contributed by atoms with Crippen LogP contribution in [-0.4, -0.2) is 115 Å². The van der Waals surface area contributed by atoms with Crippen molar-refractivity contribution in [3.63, 3.8) is 0 Å². The average Bonchev–Trinajstić information content (AvgIpc) is 3.38. The Balaban J connectivity index is 0.00000196. The van der Waals surface area contributed by atoms with Crippen molar-refractivity contribution in [3.8, 4) is 0 Å². The molecule has 2 atom stereocenters. The molecule has 1 heterocycles. The van der Waals surface area contributed by atoms with Crippen LogP contribution >= 0.6 is 0 Å². The number of nitrogens with one attached hydrogen (secondary N) is 4. The summed E-state index contributed by atoms with van der Waals surface area (Å²) in [5.74, 6) is -2.14. The maximum absolute atomic E-state index is 12.8. The Kier molecular flexibility index (Phi) is 21.7. The van der Waals surface area contributed by atoms with E-state index in [0.717, 1.165) is 6.42 Å². The number of unbranched alkanes of at least 4 members (excludes halogenated alkanes) is 2. The molecular weight excluding hydrogens is 712 g/mol. The molecule has 1 aliphatic heterocycles. The average molecular weight is 775 g/mol. The van der Waals surface area contributed by atoms with Gasteiger partial charge in [0.05, 0.1) is 6.54 Å². The first-order valence-electron chi connectivity index (χ1n) is 18.8. The van der Waals surface area contributed by atoms with Gasteiger partial charge in [0.2, 0.25) is 35.4 Å². The van der Waals surface area contributed by atoms with Crippen molar-refractivity contribution >= 4 is 53.3 Å². The van der Waals surface area contributed by atoms with E-state index in [4.69, 9.17) is 10.5 Å². The molecule has 1 aromatic carbocycles. The van der Waals surface area contributed by atoms with E-state index >= 15 is 0 Å². The Labute approximate surface area is 324 Å². The van der Waals surface area contributed by atoms with Crippen LogP contribution in [-0.2, 0) is 40.1 Å². The number of ether oxygens (including phenoxy) is 1. The van der Waals surface area contributed by atoms with E-state index in [1.54, 1.807) is 64.0 Å². The molecule has 1 aliphatic rings. The third kappa shape index (κ3) is 18.6. The largest absolute Gasteiger partial charge is 0.445 e. The molecule has 1 saturated heterocycles. The summed E-state index contributed by atoms with van der Waals surface area (Å²) in [4.78, 5) is 100. The van der Waals surface area contributed by atoms with Gasteiger partial charge in [0.15, 0.2) is 0 Å². The molecule has 0 aromatic heterocycles. The molecule has 308 valence electrons. The van der Waals surface area contributed by atoms with Crippen LogP contribution in [0.2, 0.25) is 0 Å². The van der Waals surface area contributed by atoms with Crippen LogP contribution in [0.4, 0.5) is 15.3 Å². The van der Waals surface area contributed by atoms with Crippen molar-refractivity contribution in [1.29, 1.82) is 0 Å². The highest BCUT2D eigenvalue weighted by Gasteiger charge is 2.34. The number of rotatable bonds is 20. The van der Waals surface area contributed by atoms with E-state index in [1.807, 2.05) is 20.8 Å². The molecule has 2 unspecified atom stereocenters. The van der Waals surface area contributed by atoms with E-state index in [2.05, 4.69) is 21.3 Å². The second-order valence-electron chi connectivity index (χ2n) is 14.2. The Morgan fingerprint density at radius 1 is 0.909 bits per heavy atom. The Morgan fingerprint density at radius 3 is 2.07 bits per heavy atom. The standard InChI is InChI=1S/C34H52N6O8.C4H10N2O/c1-22(2)30(37-27(41)11-9-8-10-16-40-29(43)19-24(5)33(40)46)31(44)35-20-28(42)36-26-14-12-25(13-15-26)21-48-34(47)39(7)18-17-38(6)32(45)23(3)4;1-2-3-6-4(5)7/h12-15,22-24,30H,8-11,16-21H2,1-7H3,(H,35,44)(H,36,42)(H,37,41);2-3H2,1H3,(H3,5,6,7). The third-order valence-electron chi connectivity index (χ3n) is 8.55. The Bertz CT molecular complexity index is 1450. The minimum atomic E-state index is -0.823. The first-order chi connectivity index (χ1) is 25.9. The fourth-order valence-corrected chi connectivity index (χ4v) is 5.21. The Hall–Kier alpha value is -5.22. The number of primary amides is 1. The lowest BCUT2D eigenvalue weighted by Crippen LogP contribution is -2.51. The number of benzene rings is 1. The van der Waals surface area contributed by atoms with Gasteiger partial charge in [-0.2, -0.15) is 0 Å². The highest BCUT2D eigenvalue weighted by molar-refractivity contribution is 6.03. The summed E-state index contributed by atoms with van der Waals surface area (Å²) in [6.45, 7) is 12.4. The first kappa shape index (κ1) is 47.8. The zero-order chi connectivity index (χ0) is 41.7. The molecule has 2 rings (SSSR count). The zero-order valence-electron chi connectivity index (χ0n) is 33.7. The van der Waals surface area contributed by atoms with Gasteiger partial charge in [0, 0.05) is 70.6 Å². The normalized spacial score (nSPS) is 14.1. The van der Waals surface area contributed by atoms with Gasteiger partial charge in [-0.3, -0.25) is 33.7 Å². The van der Waals surface area contributed by atoms with Crippen molar-refractivity contribution in [2.24, 2.45) is 23.5 Å². The van der Waals surface area contributed by atoms with Gasteiger partial charge in [0.1, 0.15) is 12.6 Å². The van der Waals surface area contributed by atoms with Gasteiger partial charge in [-0.25, -0.2) is 9.59 Å². The number of likely N-dealkylation sites (N-methyl/N-ethyl adjacent to an activating group) is 2. The van der Waals surface area contributed by atoms with Gasteiger partial charge in [0.25, 0.3) is 0 Å². The lowest BCUT2D eigenvalue weighted by molar-refractivity contribution is -0.139. The van der Waals surface area contributed by atoms with Crippen LogP contribution in [0.5, 0.6) is 0 Å². The molecule has 0 spiro atoms. The number of nitrogens with zero attached hydrogens (tertiary/aromatic N) is 3. The van der Waals surface area contributed by atoms with Crippen molar-refractivity contribution < 1.29 is 43.1 Å². The summed E-state index contributed by atoms with van der Waals surface area (Å²) < 4.78 is 5.34. The highest BCUT2D eigenvalue weighted by atomic mass is 16.6. The number of amides is 9. The molecule has 0 bridgehead atoms. The highest BCUT2D eigenvalue weighted by Crippen LogP contribution is 2.19. The second kappa shape index (κ2) is 25.0. The fraction of sp³-hybridized carbons (Fsp3) is 0.632. The third-order valence-corrected chi connectivity index (χ3v) is 8.55. The van der Waals surface area contributed by atoms with Crippen LogP contribution in [0.1, 0.15) is 85.6 Å². The molecule has 55 heavy (non-hydrogen) atoms. The van der Waals surface area contributed by atoms with E-state index in [1.165, 1.54) is 9.80 Å². The van der Waals surface area contributed by atoms with Crippen LogP contribution in [0, 0.1) is 17.8 Å². The maximum Gasteiger partial charge on any atom is 0.409 e. The summed E-state index contributed by atoms with van der Waals surface area (Å²) in [6, 6.07) is 5.44. The second-order valence-corrected chi connectivity index (χ2v) is 14.2. The zero-order valence-corrected chi connectivity index (χ0v) is 33.7. The SMILES string of the molecule is CC(C)C(=O)N(C)CCN(C)C(=O)OCc1ccc(NC(=O)CNC(=O)C(NC(=O)CCCCCN2C(=O)CC(C)C2=O)C(C)C)cc1.CCCNC(N)=O. The van der Waals surface area contributed by atoms with Crippen molar-refractivity contribution in [3.05, 3.63) is 29.8 Å². The molecule has 0 aliphatic carbocycles. The smallest absolute Gasteiger partial charge is 0.409 e. The minimum absolute atomic E-state index is 0.00126. The van der Waals surface area contributed by atoms with E-state index in [-0.39, 0.29) is 67.4 Å². The first-order valence-corrected chi connectivity index (χ1v) is 18.8. The number of carbonyl (C=O) groups is 8. The Morgan fingerprint density at radius 2 is 1.55 bits per heavy atom. The predicted molar refractivity (Wildman–Crippen MR) is 207 cm³/mol. The van der Waals surface area contributed by atoms with Crippen LogP contribution in [0.25, 0.3) is 0 Å². The van der Waals surface area contributed by atoms with Gasteiger partial charge in [-0.15, -0.1) is 0 Å². The number of likely N-dealkylation sites (tertiary alicyclic amines) is 1. The number of hydrogen-bond acceptors (Lipinski definition) is 9. The summed E-state index contributed by atoms with van der Waals surface area (Å²) in [5.41, 5.74) is 5.92. The molecule has 6 N–H and O–H groups in total. The minimum Gasteiger partial charge on any atom is -0.445 e. The molecule has 1 aromatic rings. The molecule has 1 fully saturated rings. The summed E-state index contributed by atoms with van der Waals surface area (Å²) in [7, 11) is 3.29. The van der Waals surface area contributed by atoms with Gasteiger partial charge in [-0.1, -0.05) is 60.1 Å². The number of urea groups is 1. The summed E-state index contributed by atoms with van der Waals surface area (Å²) in [5, 5.41) is 10.4. The van der Waals surface area contributed by atoms with Crippen molar-refractivity contribution in [2.45, 2.75) is 92.7 Å². The van der Waals surface area contributed by atoms with Crippen LogP contribution < -0.4 is 27.0 Å². The van der Waals surface area contributed by atoms with E-state index in [9.17, 15) is 38.4 Å². The lowest BCUT2D eigenvalue weighted by atomic mass is 10.0. The fourth-order valence-electron chi connectivity index (χ4n) is 5.21. The molecule has 17 heteroatoms. The van der Waals surface area contributed by atoms with Crippen molar-refractivity contribution in [2.75, 3.05) is 52.1 Å². The molecular formula is C38H62N8O9. The monoisotopic (exact) mass is 774 g/mol. The number of hydrogen-bond donors (Lipinski definition) is 5. The molecule has 17 nitrogen and oxygen atoms in total. The molecule has 9 amide bonds. The quantitative estimate of drug-likeness (QED) is 0.0967. The summed E-state index contributed by atoms with van der Waals surface area (Å²) in [6.07, 6.45) is 2.66. The van der Waals surface area contributed by atoms with Gasteiger partial charge < -0.3 is 41.5 Å². The van der Waals surface area contributed by atoms with E-state index < -0.39 is 30.0 Å². The number of anilines is 1. The molecule has 0 saturated carbocycles. The van der Waals surface area contributed by atoms with Crippen LogP contribution in [0.3, 0.4) is 0 Å². The van der Waals surface area contributed by atoms with Crippen molar-refractivity contribution in [1.82, 2.24) is 30.7 Å². The summed E-state index contributed by atoms with van der Waals surface area (Å²) >= 11 is 0. The van der Waals surface area contributed by atoms with Crippen LogP contribution in [0.15, 0.2) is 24.3 Å². The number of nitrogens with two attached hydrogens (primary N) is 1. The number of imide groups is 1. The van der Waals surface area contributed by atoms with E-state index in [0.29, 0.717) is 56.7 Å². The predicted octanol–water partition coefficient (Wildman–Crippen LogP) is 2.59. The lowest BCUT2D eigenvalue weighted by Gasteiger charge is -2.23. The number of carbonyl (C=O) groups excluding carboxylic acids is 8. The maximum atomic E-state index is 12.8. The van der Waals surface area contributed by atoms with Gasteiger partial charge >= 0.3 is 12.1 Å².